The number of nitrogens with one attached hydrogen (secondary N) is 3. The molecule has 1 fully saturated rings. The van der Waals surface area contributed by atoms with Crippen LogP contribution >= 0.6 is 37.2 Å². The van der Waals surface area contributed by atoms with E-state index in [9.17, 15) is 0 Å². The third-order valence-corrected chi connectivity index (χ3v) is 11.0. The van der Waals surface area contributed by atoms with Crippen molar-refractivity contribution in [3.05, 3.63) is 0 Å². The van der Waals surface area contributed by atoms with Crippen molar-refractivity contribution < 1.29 is 19.3 Å². The zero-order chi connectivity index (χ0) is 16.3. The summed E-state index contributed by atoms with van der Waals surface area (Å²) >= 11 is -2.87. The van der Waals surface area contributed by atoms with Crippen LogP contribution in [0.2, 0.25) is 15.7 Å². The van der Waals surface area contributed by atoms with Gasteiger partial charge in [-0.1, -0.05) is 0 Å². The predicted molar refractivity (Wildman–Crippen MR) is 115 cm³/mol. The fourth-order valence-corrected chi connectivity index (χ4v) is 6.12. The van der Waals surface area contributed by atoms with Crippen LogP contribution in [0.4, 0.5) is 0 Å². The third kappa shape index (κ3) is 14.1. The van der Waals surface area contributed by atoms with Crippen molar-refractivity contribution in [1.29, 1.82) is 0 Å². The molecule has 5 nitrogen and oxygen atoms in total. The molecule has 157 valence electrons. The molecule has 1 rings (SSSR count). The maximum atomic E-state index is 6.04. The maximum Gasteiger partial charge on any atom is -0.147 e. The Morgan fingerprint density at radius 2 is 0.960 bits per heavy atom. The van der Waals surface area contributed by atoms with Crippen molar-refractivity contribution in [1.82, 2.24) is 19.3 Å². The van der Waals surface area contributed by atoms with Crippen molar-refractivity contribution in [3.8, 4) is 0 Å². The summed E-state index contributed by atoms with van der Waals surface area (Å²) in [5.74, 6) is 0. The van der Waals surface area contributed by atoms with Gasteiger partial charge in [0.2, 0.25) is 0 Å². The topological polar surface area (TPSA) is 48.6 Å². The molecule has 1 heterocycles. The molecule has 0 unspecified atom stereocenters. The largest absolute Gasteiger partial charge is 0.147 e. The Kier molecular flexibility index (Phi) is 20.3. The predicted octanol–water partition coefficient (Wildman–Crippen LogP) is 3.21. The van der Waals surface area contributed by atoms with Gasteiger partial charge >= 0.3 is 139 Å². The van der Waals surface area contributed by atoms with E-state index in [4.69, 9.17) is 3.32 Å². The second-order valence-electron chi connectivity index (χ2n) is 7.73. The van der Waals surface area contributed by atoms with E-state index in [2.05, 4.69) is 35.0 Å². The van der Waals surface area contributed by atoms with Crippen LogP contribution in [0.1, 0.15) is 25.7 Å². The van der Waals surface area contributed by atoms with Gasteiger partial charge in [0.25, 0.3) is 0 Å². The zero-order valence-electron chi connectivity index (χ0n) is 16.6. The molecule has 0 aromatic heterocycles. The molecule has 0 atom stereocenters. The second kappa shape index (κ2) is 16.3. The first-order chi connectivity index (χ1) is 10.4. The molecule has 0 aromatic rings. The van der Waals surface area contributed by atoms with Crippen LogP contribution in [0.3, 0.4) is 0 Å². The normalized spacial score (nSPS) is 21.5. The first-order valence-corrected chi connectivity index (χ1v) is 15.1. The van der Waals surface area contributed by atoms with Crippen LogP contribution in [0.5, 0.6) is 0 Å². The molecule has 1 saturated heterocycles. The average molecular weight is 461 g/mol. The summed E-state index contributed by atoms with van der Waals surface area (Å²) in [4.78, 5) is 0. The van der Waals surface area contributed by atoms with E-state index in [0.717, 1.165) is 52.4 Å². The van der Waals surface area contributed by atoms with E-state index in [1.807, 2.05) is 7.11 Å². The van der Waals surface area contributed by atoms with Crippen molar-refractivity contribution in [2.75, 3.05) is 59.5 Å². The van der Waals surface area contributed by atoms with Gasteiger partial charge in [0, 0.05) is 0 Å². The van der Waals surface area contributed by atoms with Crippen LogP contribution in [-0.4, -0.2) is 62.8 Å². The van der Waals surface area contributed by atoms with E-state index < -0.39 is 16.0 Å². The number of hydrogen-bond donors (Lipinski definition) is 3. The smallest absolute Gasteiger partial charge is 0.147 e. The molecular formula is C16H42Cl3N4OTi. The van der Waals surface area contributed by atoms with Crippen molar-refractivity contribution >= 4 is 37.2 Å². The summed E-state index contributed by atoms with van der Waals surface area (Å²) in [6.07, 6.45) is 4.85. The molecule has 25 heavy (non-hydrogen) atoms. The minimum Gasteiger partial charge on any atom is -0.147 e. The van der Waals surface area contributed by atoms with Gasteiger partial charge in [0.05, 0.1) is 0 Å². The Morgan fingerprint density at radius 3 is 1.28 bits per heavy atom. The quantitative estimate of drug-likeness (QED) is 0.553. The van der Waals surface area contributed by atoms with E-state index in [0.29, 0.717) is 0 Å². The number of rotatable bonds is 2. The maximum absolute atomic E-state index is 6.04. The molecular weight excluding hydrogens is 418 g/mol. The fourth-order valence-electron chi connectivity index (χ4n) is 2.84. The SMILES string of the molecule is C[O][Ti]([CH3])([CH3])([CH3])[N]1CCCNCCCNCCCNCCC1.Cl.Cl.Cl. The Hall–Kier alpha value is 1.38. The Bertz CT molecular complexity index is 291. The third-order valence-electron chi connectivity index (χ3n) is 4.76. The number of nitrogens with zero attached hydrogens (tertiary/aromatic N) is 1. The van der Waals surface area contributed by atoms with Crippen molar-refractivity contribution in [3.63, 3.8) is 0 Å². The molecule has 0 spiro atoms. The summed E-state index contributed by atoms with van der Waals surface area (Å²) in [5, 5.41) is 17.8. The standard InChI is InChI=1S/C12H27N4.CH3O.3CH3.3ClH.Ti/c1-5-13-7-2-9-15-11-4-12-16-10-3-8-14-6-1;1-2;;;;;;;/h13-15H,1-12H2;1H3;3*1H3;3*1H;/q2*-1;;;;;;;+2. The molecule has 3 N–H and O–H groups in total. The van der Waals surface area contributed by atoms with Crippen LogP contribution in [0.25, 0.3) is 0 Å². The molecule has 0 aromatic carbocycles. The summed E-state index contributed by atoms with van der Waals surface area (Å²) in [6.45, 7) is 9.02. The van der Waals surface area contributed by atoms with Gasteiger partial charge in [-0.15, -0.1) is 37.2 Å². The van der Waals surface area contributed by atoms with Crippen molar-refractivity contribution in [2.24, 2.45) is 0 Å². The summed E-state index contributed by atoms with van der Waals surface area (Å²) in [5.41, 5.74) is 0. The van der Waals surface area contributed by atoms with Crippen LogP contribution in [0.15, 0.2) is 0 Å². The summed E-state index contributed by atoms with van der Waals surface area (Å²) in [6, 6.07) is 0. The average Bonchev–Trinajstić information content (AvgIpc) is 2.47. The Morgan fingerprint density at radius 1 is 0.640 bits per heavy atom. The molecule has 0 aliphatic carbocycles. The molecule has 0 amide bonds. The summed E-state index contributed by atoms with van der Waals surface area (Å²) in [7, 11) is 1.90. The van der Waals surface area contributed by atoms with Gasteiger partial charge in [0.15, 0.2) is 0 Å². The Labute approximate surface area is 176 Å². The van der Waals surface area contributed by atoms with E-state index in [1.54, 1.807) is 0 Å². The van der Waals surface area contributed by atoms with Gasteiger partial charge in [-0.2, -0.15) is 0 Å². The minimum absolute atomic E-state index is 0. The van der Waals surface area contributed by atoms with E-state index in [1.165, 1.54) is 25.7 Å². The monoisotopic (exact) mass is 459 g/mol. The molecule has 0 saturated carbocycles. The van der Waals surface area contributed by atoms with Gasteiger partial charge in [-0.25, -0.2) is 0 Å². The summed E-state index contributed by atoms with van der Waals surface area (Å²) < 4.78 is 8.71. The van der Waals surface area contributed by atoms with Crippen LogP contribution in [0, 0.1) is 0 Å². The number of hydrogen-bond acceptors (Lipinski definition) is 5. The van der Waals surface area contributed by atoms with Crippen molar-refractivity contribution in [2.45, 2.75) is 41.4 Å². The van der Waals surface area contributed by atoms with E-state index in [-0.39, 0.29) is 37.2 Å². The molecule has 0 bridgehead atoms. The molecule has 1 aliphatic rings. The second-order valence-corrected chi connectivity index (χ2v) is 18.3. The minimum atomic E-state index is -2.87. The molecule has 1 aliphatic heterocycles. The molecule has 0 radical (unpaired) electrons. The first kappa shape index (κ1) is 31.1. The van der Waals surface area contributed by atoms with Crippen LogP contribution < -0.4 is 16.0 Å². The van der Waals surface area contributed by atoms with Gasteiger partial charge in [-0.05, 0) is 0 Å². The number of halogens is 3. The Balaban J connectivity index is -0.00000161. The first-order valence-electron chi connectivity index (χ1n) is 9.09. The fraction of sp³-hybridized carbons (Fsp3) is 1.00. The zero-order valence-corrected chi connectivity index (χ0v) is 20.6. The van der Waals surface area contributed by atoms with Gasteiger partial charge in [-0.3, -0.25) is 0 Å². The molecule has 9 heteroatoms. The van der Waals surface area contributed by atoms with Crippen LogP contribution in [-0.2, 0) is 19.3 Å². The van der Waals surface area contributed by atoms with Gasteiger partial charge in [0.1, 0.15) is 0 Å². The van der Waals surface area contributed by atoms with E-state index >= 15 is 0 Å². The van der Waals surface area contributed by atoms with Gasteiger partial charge < -0.3 is 0 Å².